The number of hydrogen-bond donors (Lipinski definition) is 0. The molecule has 6 nitrogen and oxygen atoms in total. The molecule has 1 aliphatic heterocycles. The van der Waals surface area contributed by atoms with Crippen LogP contribution in [0.5, 0.6) is 0 Å². The van der Waals surface area contributed by atoms with Crippen LogP contribution in [0.25, 0.3) is 0 Å². The van der Waals surface area contributed by atoms with Crippen LogP contribution in [0.3, 0.4) is 0 Å². The fraction of sp³-hybridized carbons (Fsp3) is 0.238. The Bertz CT molecular complexity index is 986. The predicted molar refractivity (Wildman–Crippen MR) is 104 cm³/mol. The summed E-state index contributed by atoms with van der Waals surface area (Å²) in [6.45, 7) is 0. The molecule has 28 heavy (non-hydrogen) atoms. The molecule has 1 heterocycles. The zero-order valence-electron chi connectivity index (χ0n) is 14.7. The lowest BCUT2D eigenvalue weighted by atomic mass is 9.85. The Kier molecular flexibility index (Phi) is 3.87. The van der Waals surface area contributed by atoms with E-state index in [1.807, 2.05) is 12.1 Å². The second-order valence-corrected chi connectivity index (χ2v) is 8.51. The summed E-state index contributed by atoms with van der Waals surface area (Å²) >= 11 is 1.47. The number of non-ortho nitro benzene ring substituents is 1. The van der Waals surface area contributed by atoms with Gasteiger partial charge in [-0.3, -0.25) is 24.6 Å². The number of nitro benzene ring substituents is 1. The van der Waals surface area contributed by atoms with Crippen LogP contribution in [-0.4, -0.2) is 16.7 Å². The SMILES string of the molecule is O=C1[C@@H]2[C@H](C(=O)N1c1ccc(Sc3ccc([N+](=O)[O-])cc3)cc1)[C@H]1C=C[C@H]2C1. The summed E-state index contributed by atoms with van der Waals surface area (Å²) in [6, 6.07) is 13.7. The average Bonchev–Trinajstić information content (AvgIpc) is 3.37. The molecular weight excluding hydrogens is 376 g/mol. The summed E-state index contributed by atoms with van der Waals surface area (Å²) in [7, 11) is 0. The number of anilines is 1. The Morgan fingerprint density at radius 3 is 1.86 bits per heavy atom. The van der Waals surface area contributed by atoms with Crippen molar-refractivity contribution in [2.75, 3.05) is 4.90 Å². The van der Waals surface area contributed by atoms with Crippen LogP contribution < -0.4 is 4.90 Å². The summed E-state index contributed by atoms with van der Waals surface area (Å²) < 4.78 is 0. The van der Waals surface area contributed by atoms with Crippen LogP contribution in [0.15, 0.2) is 70.5 Å². The molecule has 0 aromatic heterocycles. The van der Waals surface area contributed by atoms with Gasteiger partial charge in [0.2, 0.25) is 11.8 Å². The number of carbonyl (C=O) groups excluding carboxylic acids is 2. The van der Waals surface area contributed by atoms with E-state index in [2.05, 4.69) is 12.2 Å². The molecule has 0 radical (unpaired) electrons. The first-order valence-corrected chi connectivity index (χ1v) is 9.93. The summed E-state index contributed by atoms with van der Waals surface area (Å²) in [5.74, 6) is -0.152. The number of imide groups is 1. The van der Waals surface area contributed by atoms with Crippen LogP contribution in [0.1, 0.15) is 6.42 Å². The largest absolute Gasteiger partial charge is 0.274 e. The second-order valence-electron chi connectivity index (χ2n) is 7.36. The normalized spacial score (nSPS) is 27.5. The number of benzene rings is 2. The zero-order valence-corrected chi connectivity index (χ0v) is 15.5. The highest BCUT2D eigenvalue weighted by Crippen LogP contribution is 2.53. The van der Waals surface area contributed by atoms with Gasteiger partial charge in [-0.05, 0) is 54.7 Å². The topological polar surface area (TPSA) is 80.5 Å². The van der Waals surface area contributed by atoms with E-state index in [0.717, 1.165) is 16.2 Å². The highest BCUT2D eigenvalue weighted by atomic mass is 32.2. The van der Waals surface area contributed by atoms with Crippen molar-refractivity contribution in [1.82, 2.24) is 0 Å². The number of amides is 2. The van der Waals surface area contributed by atoms with Crippen LogP contribution in [0.2, 0.25) is 0 Å². The minimum Gasteiger partial charge on any atom is -0.274 e. The number of nitro groups is 1. The second kappa shape index (κ2) is 6.31. The molecular formula is C21H16N2O4S. The molecule has 2 aromatic rings. The molecule has 0 spiro atoms. The molecule has 2 fully saturated rings. The molecule has 140 valence electrons. The fourth-order valence-electron chi connectivity index (χ4n) is 4.59. The third kappa shape index (κ3) is 2.57. The summed E-state index contributed by atoms with van der Waals surface area (Å²) in [5, 5.41) is 10.7. The number of nitrogens with zero attached hydrogens (tertiary/aromatic N) is 2. The van der Waals surface area contributed by atoms with Gasteiger partial charge >= 0.3 is 0 Å². The third-order valence-electron chi connectivity index (χ3n) is 5.85. The molecule has 0 unspecified atom stereocenters. The summed E-state index contributed by atoms with van der Waals surface area (Å²) in [5.41, 5.74) is 0.664. The van der Waals surface area contributed by atoms with Crippen LogP contribution >= 0.6 is 11.8 Å². The number of allylic oxidation sites excluding steroid dienone is 2. The van der Waals surface area contributed by atoms with Crippen LogP contribution in [0.4, 0.5) is 11.4 Å². The zero-order chi connectivity index (χ0) is 19.4. The van der Waals surface area contributed by atoms with Gasteiger partial charge in [0.1, 0.15) is 0 Å². The van der Waals surface area contributed by atoms with E-state index in [0.29, 0.717) is 5.69 Å². The quantitative estimate of drug-likeness (QED) is 0.339. The van der Waals surface area contributed by atoms with Gasteiger partial charge in [-0.15, -0.1) is 0 Å². The molecule has 5 rings (SSSR count). The van der Waals surface area contributed by atoms with Crippen LogP contribution in [-0.2, 0) is 9.59 Å². The van der Waals surface area contributed by atoms with Gasteiger partial charge in [0.25, 0.3) is 5.69 Å². The molecule has 2 aromatic carbocycles. The lowest BCUT2D eigenvalue weighted by Crippen LogP contribution is -2.32. The summed E-state index contributed by atoms with van der Waals surface area (Å²) in [4.78, 5) is 39.2. The number of hydrogen-bond acceptors (Lipinski definition) is 5. The van der Waals surface area contributed by atoms with Crippen molar-refractivity contribution in [3.05, 3.63) is 70.8 Å². The van der Waals surface area contributed by atoms with Gasteiger partial charge in [-0.1, -0.05) is 23.9 Å². The van der Waals surface area contributed by atoms with E-state index in [1.165, 1.54) is 28.8 Å². The van der Waals surface area contributed by atoms with E-state index in [1.54, 1.807) is 24.3 Å². The van der Waals surface area contributed by atoms with Crippen molar-refractivity contribution >= 4 is 35.0 Å². The first-order chi connectivity index (χ1) is 13.5. The molecule has 1 saturated carbocycles. The van der Waals surface area contributed by atoms with Gasteiger partial charge in [0, 0.05) is 21.9 Å². The molecule has 4 atom stereocenters. The van der Waals surface area contributed by atoms with Gasteiger partial charge in [0.15, 0.2) is 0 Å². The maximum Gasteiger partial charge on any atom is 0.269 e. The number of carbonyl (C=O) groups is 2. The fourth-order valence-corrected chi connectivity index (χ4v) is 5.41. The van der Waals surface area contributed by atoms with E-state index < -0.39 is 4.92 Å². The van der Waals surface area contributed by atoms with Crippen molar-refractivity contribution in [1.29, 1.82) is 0 Å². The van der Waals surface area contributed by atoms with Crippen LogP contribution in [0, 0.1) is 33.8 Å². The minimum atomic E-state index is -0.426. The third-order valence-corrected chi connectivity index (χ3v) is 6.86. The first kappa shape index (κ1) is 17.2. The van der Waals surface area contributed by atoms with Crippen molar-refractivity contribution in [3.8, 4) is 0 Å². The van der Waals surface area contributed by atoms with Crippen molar-refractivity contribution in [2.24, 2.45) is 23.7 Å². The van der Waals surface area contributed by atoms with Crippen molar-refractivity contribution in [2.45, 2.75) is 16.2 Å². The van der Waals surface area contributed by atoms with Crippen molar-refractivity contribution < 1.29 is 14.5 Å². The standard InChI is InChI=1S/C21H16N2O4S/c24-20-18-12-1-2-13(11-12)19(18)21(25)22(20)14-3-7-16(8-4-14)28-17-9-5-15(6-10-17)23(26)27/h1-10,12-13,18-19H,11H2/t12-,13-,18-,19+/m0/s1. The highest BCUT2D eigenvalue weighted by molar-refractivity contribution is 7.99. The smallest absolute Gasteiger partial charge is 0.269 e. The van der Waals surface area contributed by atoms with Gasteiger partial charge in [-0.2, -0.15) is 0 Å². The average molecular weight is 392 g/mol. The Balaban J connectivity index is 1.34. The molecule has 1 saturated heterocycles. The van der Waals surface area contributed by atoms with Gasteiger partial charge < -0.3 is 0 Å². The maximum absolute atomic E-state index is 12.9. The summed E-state index contributed by atoms with van der Waals surface area (Å²) in [6.07, 6.45) is 5.10. The number of fused-ring (bicyclic) bond motifs is 5. The van der Waals surface area contributed by atoms with Crippen molar-refractivity contribution in [3.63, 3.8) is 0 Å². The molecule has 2 bridgehead atoms. The maximum atomic E-state index is 12.9. The predicted octanol–water partition coefficient (Wildman–Crippen LogP) is 4.06. The Labute approximate surface area is 165 Å². The Hall–Kier alpha value is -2.93. The lowest BCUT2D eigenvalue weighted by Gasteiger charge is -2.17. The molecule has 0 N–H and O–H groups in total. The number of rotatable bonds is 4. The van der Waals surface area contributed by atoms with E-state index in [-0.39, 0.29) is 41.2 Å². The first-order valence-electron chi connectivity index (χ1n) is 9.11. The van der Waals surface area contributed by atoms with Gasteiger partial charge in [-0.25, -0.2) is 0 Å². The lowest BCUT2D eigenvalue weighted by molar-refractivity contribution is -0.384. The molecule has 2 amide bonds. The minimum absolute atomic E-state index is 0.0553. The molecule has 7 heteroatoms. The molecule has 3 aliphatic rings. The highest BCUT2D eigenvalue weighted by Gasteiger charge is 2.59. The molecule has 2 aliphatic carbocycles. The van der Waals surface area contributed by atoms with E-state index in [4.69, 9.17) is 0 Å². The van der Waals surface area contributed by atoms with E-state index >= 15 is 0 Å². The van der Waals surface area contributed by atoms with E-state index in [9.17, 15) is 19.7 Å². The Morgan fingerprint density at radius 1 is 0.857 bits per heavy atom. The Morgan fingerprint density at radius 2 is 1.36 bits per heavy atom. The van der Waals surface area contributed by atoms with Gasteiger partial charge in [0.05, 0.1) is 22.4 Å². The monoisotopic (exact) mass is 392 g/mol.